The van der Waals surface area contributed by atoms with Gasteiger partial charge in [0.1, 0.15) is 0 Å². The molecular formula is C36H79NO9S. The van der Waals surface area contributed by atoms with Crippen LogP contribution in [0.3, 0.4) is 0 Å². The van der Waals surface area contributed by atoms with Gasteiger partial charge in [0.05, 0.1) is 38.6 Å². The molecule has 0 aliphatic heterocycles. The van der Waals surface area contributed by atoms with E-state index in [1.165, 1.54) is 167 Å². The molecule has 0 bridgehead atoms. The minimum Gasteiger partial charge on any atom is -0.394 e. The van der Waals surface area contributed by atoms with Crippen molar-refractivity contribution in [3.05, 3.63) is 0 Å². The van der Waals surface area contributed by atoms with Crippen molar-refractivity contribution in [1.82, 2.24) is 5.64 Å². The molecule has 5 N–H and O–H groups in total. The smallest absolute Gasteiger partial charge is 0.394 e. The summed E-state index contributed by atoms with van der Waals surface area (Å²) >= 11 is 0. The van der Waals surface area contributed by atoms with Crippen LogP contribution in [0.1, 0.15) is 195 Å². The van der Waals surface area contributed by atoms with Gasteiger partial charge in [-0.3, -0.25) is 18.8 Å². The van der Waals surface area contributed by atoms with Gasteiger partial charge in [0.15, 0.2) is 0 Å². The largest absolute Gasteiger partial charge is 0.394 e. The Morgan fingerprint density at radius 2 is 0.723 bits per heavy atom. The van der Waals surface area contributed by atoms with Crippen LogP contribution >= 0.6 is 0 Å². The lowest BCUT2D eigenvalue weighted by Gasteiger charge is -2.19. The number of ether oxygens (including phenoxy) is 1. The van der Waals surface area contributed by atoms with E-state index in [-0.39, 0.29) is 26.4 Å². The van der Waals surface area contributed by atoms with Crippen molar-refractivity contribution in [3.63, 3.8) is 0 Å². The van der Waals surface area contributed by atoms with Crippen LogP contribution in [0.5, 0.6) is 0 Å². The van der Waals surface area contributed by atoms with Crippen molar-refractivity contribution in [1.29, 1.82) is 0 Å². The average Bonchev–Trinajstić information content (AvgIpc) is 3.01. The molecule has 0 aromatic carbocycles. The summed E-state index contributed by atoms with van der Waals surface area (Å²) in [6.45, 7) is 9.40. The Hall–Kier alpha value is -0.370. The van der Waals surface area contributed by atoms with Crippen molar-refractivity contribution >= 4 is 10.4 Å². The van der Waals surface area contributed by atoms with E-state index in [9.17, 15) is 0 Å². The molecular weight excluding hydrogens is 622 g/mol. The molecule has 0 rings (SSSR count). The third-order valence-corrected chi connectivity index (χ3v) is 7.90. The second-order valence-electron chi connectivity index (χ2n) is 12.8. The summed E-state index contributed by atoms with van der Waals surface area (Å²) in [5.41, 5.74) is 2.07. The quantitative estimate of drug-likeness (QED) is 0.0249. The van der Waals surface area contributed by atoms with Gasteiger partial charge in [-0.1, -0.05) is 174 Å². The molecule has 0 fully saturated rings. The highest BCUT2D eigenvalue weighted by Crippen LogP contribution is 2.17. The first-order valence-corrected chi connectivity index (χ1v) is 20.6. The van der Waals surface area contributed by atoms with E-state index < -0.39 is 10.4 Å². The van der Waals surface area contributed by atoms with Crippen LogP contribution in [0.25, 0.3) is 0 Å². The van der Waals surface area contributed by atoms with Crippen LogP contribution in [-0.2, 0) is 24.8 Å². The van der Waals surface area contributed by atoms with Crippen LogP contribution < -0.4 is 5.64 Å². The van der Waals surface area contributed by atoms with E-state index in [1.54, 1.807) is 0 Å². The molecule has 0 radical (unpaired) electrons. The Bertz CT molecular complexity index is 610. The highest BCUT2D eigenvalue weighted by molar-refractivity contribution is 7.79. The van der Waals surface area contributed by atoms with Gasteiger partial charge in [-0.2, -0.15) is 8.42 Å². The van der Waals surface area contributed by atoms with Crippen molar-refractivity contribution in [2.45, 2.75) is 207 Å². The van der Waals surface area contributed by atoms with E-state index >= 15 is 0 Å². The maximum Gasteiger partial charge on any atom is 0.394 e. The summed E-state index contributed by atoms with van der Waals surface area (Å²) in [5, 5.41) is 16.3. The highest BCUT2D eigenvalue weighted by atomic mass is 32.3. The van der Waals surface area contributed by atoms with E-state index in [0.29, 0.717) is 12.2 Å². The predicted molar refractivity (Wildman–Crippen MR) is 195 cm³/mol. The lowest BCUT2D eigenvalue weighted by atomic mass is 10.0. The van der Waals surface area contributed by atoms with Gasteiger partial charge in [0.25, 0.3) is 0 Å². The summed E-state index contributed by atoms with van der Waals surface area (Å²) < 4.78 is 37.8. The molecule has 288 valence electrons. The van der Waals surface area contributed by atoms with E-state index in [0.717, 1.165) is 0 Å². The average molecular weight is 702 g/mol. The lowest BCUT2D eigenvalue weighted by molar-refractivity contribution is -0.178. The van der Waals surface area contributed by atoms with Gasteiger partial charge in [-0.05, 0) is 26.7 Å². The SMILES string of the molecule is CCCCCCCCCCCCCCC(C)OC(C)CCCCCCCCCCCCCC.O=S(=O)(O)O.OCCONOCCO. The van der Waals surface area contributed by atoms with Crippen molar-refractivity contribution in [2.24, 2.45) is 0 Å². The van der Waals surface area contributed by atoms with Crippen LogP contribution in [0.2, 0.25) is 0 Å². The Kier molecular flexibility index (Phi) is 47.4. The molecule has 47 heavy (non-hydrogen) atoms. The van der Waals surface area contributed by atoms with Crippen LogP contribution in [0, 0.1) is 0 Å². The van der Waals surface area contributed by atoms with Crippen LogP contribution in [0.4, 0.5) is 0 Å². The fourth-order valence-electron chi connectivity index (χ4n) is 5.29. The molecule has 0 aliphatic carbocycles. The zero-order chi connectivity index (χ0) is 35.7. The molecule has 11 heteroatoms. The molecule has 0 heterocycles. The van der Waals surface area contributed by atoms with Gasteiger partial charge < -0.3 is 14.9 Å². The topological polar surface area (TPSA) is 155 Å². The molecule has 2 unspecified atom stereocenters. The van der Waals surface area contributed by atoms with E-state index in [2.05, 4.69) is 43.0 Å². The molecule has 0 aromatic rings. The molecule has 0 aliphatic rings. The molecule has 0 aromatic heterocycles. The minimum atomic E-state index is -4.67. The first-order chi connectivity index (χ1) is 22.6. The molecule has 0 saturated heterocycles. The number of aliphatic hydroxyl groups excluding tert-OH is 2. The zero-order valence-electron chi connectivity index (χ0n) is 31.1. The van der Waals surface area contributed by atoms with Crippen molar-refractivity contribution in [2.75, 3.05) is 26.4 Å². The number of unbranched alkanes of at least 4 members (excludes halogenated alkanes) is 22. The van der Waals surface area contributed by atoms with Gasteiger partial charge in [-0.15, -0.1) is 0 Å². The standard InChI is InChI=1S/C32H66O.C4H11NO4.H2O4S/c1-5-7-9-11-13-15-17-19-21-23-25-27-29-31(3)33-32(4)30-28-26-24-22-20-18-16-14-12-10-8-6-2;6-1-3-8-5-9-4-2-7;1-5(2,3)4/h31-32H,5-30H2,1-4H3;5-7H,1-4H2;(H2,1,2,3,4). The third-order valence-electron chi connectivity index (χ3n) is 7.90. The highest BCUT2D eigenvalue weighted by Gasteiger charge is 2.08. The van der Waals surface area contributed by atoms with Crippen LogP contribution in [0.15, 0.2) is 0 Å². The lowest BCUT2D eigenvalue weighted by Crippen LogP contribution is -2.19. The van der Waals surface area contributed by atoms with Gasteiger partial charge in [-0.25, -0.2) is 0 Å². The zero-order valence-corrected chi connectivity index (χ0v) is 31.9. The Balaban J connectivity index is -0.00000114. The van der Waals surface area contributed by atoms with Crippen LogP contribution in [-0.4, -0.2) is 66.4 Å². The first kappa shape index (κ1) is 51.0. The molecule has 10 nitrogen and oxygen atoms in total. The van der Waals surface area contributed by atoms with Gasteiger partial charge in [0, 0.05) is 0 Å². The first-order valence-electron chi connectivity index (χ1n) is 19.2. The monoisotopic (exact) mass is 702 g/mol. The summed E-state index contributed by atoms with van der Waals surface area (Å²) in [6, 6.07) is 0. The number of hydrogen-bond acceptors (Lipinski definition) is 8. The van der Waals surface area contributed by atoms with Crippen molar-refractivity contribution in [3.8, 4) is 0 Å². The maximum absolute atomic E-state index is 8.74. The predicted octanol–water partition coefficient (Wildman–Crippen LogP) is 9.73. The summed E-state index contributed by atoms with van der Waals surface area (Å²) in [4.78, 5) is 8.90. The number of nitrogens with one attached hydrogen (secondary N) is 1. The van der Waals surface area contributed by atoms with Gasteiger partial charge >= 0.3 is 10.4 Å². The molecule has 0 amide bonds. The fraction of sp³-hybridized carbons (Fsp3) is 1.00. The van der Waals surface area contributed by atoms with Gasteiger partial charge in [0.2, 0.25) is 0 Å². The Morgan fingerprint density at radius 1 is 0.489 bits per heavy atom. The molecule has 0 spiro atoms. The third kappa shape index (κ3) is 61.3. The Labute approximate surface area is 291 Å². The maximum atomic E-state index is 8.74. The Morgan fingerprint density at radius 3 is 0.957 bits per heavy atom. The van der Waals surface area contributed by atoms with E-state index in [4.69, 9.17) is 32.5 Å². The number of rotatable bonds is 34. The minimum absolute atomic E-state index is 0.0600. The van der Waals surface area contributed by atoms with E-state index in [1.807, 2.05) is 0 Å². The molecule has 0 saturated carbocycles. The normalized spacial score (nSPS) is 12.6. The second-order valence-corrected chi connectivity index (χ2v) is 13.7. The summed E-state index contributed by atoms with van der Waals surface area (Å²) in [7, 11) is -4.67. The second kappa shape index (κ2) is 43.7. The van der Waals surface area contributed by atoms with Crippen molar-refractivity contribution < 1.29 is 42.1 Å². The number of hydrogen-bond donors (Lipinski definition) is 5. The summed E-state index contributed by atoms with van der Waals surface area (Å²) in [5.74, 6) is 0. The number of aliphatic hydroxyl groups is 2. The fourth-order valence-corrected chi connectivity index (χ4v) is 5.29. The molecule has 2 atom stereocenters. The summed E-state index contributed by atoms with van der Waals surface area (Å²) in [6.07, 6.45) is 37.7.